The third kappa shape index (κ3) is 3.86. The summed E-state index contributed by atoms with van der Waals surface area (Å²) in [6, 6.07) is 12.6. The summed E-state index contributed by atoms with van der Waals surface area (Å²) in [5.74, 6) is 1.62. The first kappa shape index (κ1) is 20.2. The number of aromatic nitrogens is 2. The van der Waals surface area contributed by atoms with E-state index in [1.165, 1.54) is 6.42 Å². The van der Waals surface area contributed by atoms with Crippen LogP contribution in [-0.2, 0) is 13.1 Å². The van der Waals surface area contributed by atoms with Gasteiger partial charge in [0.05, 0.1) is 0 Å². The molecular formula is C24H30N6O. The second kappa shape index (κ2) is 8.10. The minimum atomic E-state index is 0.193. The van der Waals surface area contributed by atoms with Gasteiger partial charge in [0, 0.05) is 62.5 Å². The number of likely N-dealkylation sites (N-methyl/N-ethyl adjacent to an activating group) is 1. The predicted molar refractivity (Wildman–Crippen MR) is 120 cm³/mol. The Kier molecular flexibility index (Phi) is 5.28. The van der Waals surface area contributed by atoms with Crippen LogP contribution < -0.4 is 10.5 Å². The standard InChI is InChI=1S/C24H30N6O/c1-27(2)21-8-9-28(16-21)14-18-6-7-22-19-10-17(13-30(22)24(18)31)12-29(15-19)23-5-3-4-20(11-25)26-23/h3-7,17,19,21H,8-10,12-16H2,1-2H3/t17-,19+,21+/m0/s1. The number of hydrogen-bond donors (Lipinski definition) is 0. The van der Waals surface area contributed by atoms with Crippen LogP contribution in [0, 0.1) is 17.2 Å². The van der Waals surface area contributed by atoms with Crippen molar-refractivity contribution >= 4 is 5.82 Å². The van der Waals surface area contributed by atoms with Gasteiger partial charge in [0.2, 0.25) is 0 Å². The molecule has 162 valence electrons. The minimum Gasteiger partial charge on any atom is -0.356 e. The van der Waals surface area contributed by atoms with Crippen LogP contribution in [0.2, 0.25) is 0 Å². The van der Waals surface area contributed by atoms with Crippen LogP contribution in [0.1, 0.15) is 35.7 Å². The van der Waals surface area contributed by atoms with Gasteiger partial charge in [-0.1, -0.05) is 12.1 Å². The Hall–Kier alpha value is -2.69. The molecule has 2 bridgehead atoms. The summed E-state index contributed by atoms with van der Waals surface area (Å²) < 4.78 is 2.05. The summed E-state index contributed by atoms with van der Waals surface area (Å²) in [6.07, 6.45) is 2.28. The third-order valence-electron chi connectivity index (χ3n) is 7.23. The average Bonchev–Trinajstić information content (AvgIpc) is 3.25. The van der Waals surface area contributed by atoms with Crippen molar-refractivity contribution in [3.8, 4) is 6.07 Å². The molecule has 7 heteroatoms. The highest BCUT2D eigenvalue weighted by Gasteiger charge is 2.35. The molecule has 0 aromatic carbocycles. The number of anilines is 1. The zero-order chi connectivity index (χ0) is 21.5. The highest BCUT2D eigenvalue weighted by molar-refractivity contribution is 5.43. The molecule has 0 amide bonds. The van der Waals surface area contributed by atoms with Gasteiger partial charge < -0.3 is 14.4 Å². The number of rotatable bonds is 4. The summed E-state index contributed by atoms with van der Waals surface area (Å²) >= 11 is 0. The minimum absolute atomic E-state index is 0.193. The summed E-state index contributed by atoms with van der Waals surface area (Å²) in [4.78, 5) is 24.8. The molecular weight excluding hydrogens is 388 g/mol. The number of likely N-dealkylation sites (tertiary alicyclic amines) is 1. The van der Waals surface area contributed by atoms with Gasteiger partial charge in [-0.15, -0.1) is 0 Å². The lowest BCUT2D eigenvalue weighted by molar-refractivity contribution is 0.260. The highest BCUT2D eigenvalue weighted by atomic mass is 16.1. The monoisotopic (exact) mass is 418 g/mol. The largest absolute Gasteiger partial charge is 0.356 e. The lowest BCUT2D eigenvalue weighted by Crippen LogP contribution is -2.48. The Bertz CT molecular complexity index is 1070. The van der Waals surface area contributed by atoms with Crippen LogP contribution in [0.5, 0.6) is 0 Å². The van der Waals surface area contributed by atoms with Gasteiger partial charge >= 0.3 is 0 Å². The molecule has 0 spiro atoms. The number of nitrogens with zero attached hydrogens (tertiary/aromatic N) is 6. The molecule has 7 nitrogen and oxygen atoms in total. The molecule has 0 unspecified atom stereocenters. The van der Waals surface area contributed by atoms with Crippen LogP contribution in [0.3, 0.4) is 0 Å². The first-order valence-electron chi connectivity index (χ1n) is 11.3. The van der Waals surface area contributed by atoms with Crippen LogP contribution in [0.25, 0.3) is 0 Å². The molecule has 0 aliphatic carbocycles. The second-order valence-electron chi connectivity index (χ2n) is 9.54. The molecule has 2 aromatic rings. The number of piperidine rings is 1. The Balaban J connectivity index is 1.36. The highest BCUT2D eigenvalue weighted by Crippen LogP contribution is 2.36. The van der Waals surface area contributed by atoms with E-state index in [1.54, 1.807) is 6.07 Å². The quantitative estimate of drug-likeness (QED) is 0.755. The Morgan fingerprint density at radius 1 is 1.16 bits per heavy atom. The number of nitriles is 1. The Morgan fingerprint density at radius 2 is 2.03 bits per heavy atom. The zero-order valence-corrected chi connectivity index (χ0v) is 18.4. The van der Waals surface area contributed by atoms with E-state index in [2.05, 4.69) is 52.0 Å². The molecule has 0 N–H and O–H groups in total. The van der Waals surface area contributed by atoms with E-state index in [-0.39, 0.29) is 5.56 Å². The molecule has 5 rings (SSSR count). The smallest absolute Gasteiger partial charge is 0.255 e. The predicted octanol–water partition coefficient (Wildman–Crippen LogP) is 1.87. The third-order valence-corrected chi connectivity index (χ3v) is 7.23. The van der Waals surface area contributed by atoms with Crippen molar-refractivity contribution < 1.29 is 0 Å². The first-order valence-corrected chi connectivity index (χ1v) is 11.3. The molecule has 31 heavy (non-hydrogen) atoms. The van der Waals surface area contributed by atoms with E-state index < -0.39 is 0 Å². The SMILES string of the molecule is CN(C)[C@@H]1CCN(Cc2ccc3n(c2=O)C[C@H]2C[C@@H]3CN(c3cccc(C#N)n3)C2)C1. The van der Waals surface area contributed by atoms with E-state index in [0.29, 0.717) is 23.6 Å². The second-order valence-corrected chi connectivity index (χ2v) is 9.54. The summed E-state index contributed by atoms with van der Waals surface area (Å²) in [7, 11) is 4.27. The molecule has 5 heterocycles. The molecule has 3 atom stereocenters. The Labute approximate surface area is 183 Å². The number of fused-ring (bicyclic) bond motifs is 4. The first-order chi connectivity index (χ1) is 15.0. The molecule has 0 saturated carbocycles. The van der Waals surface area contributed by atoms with Gasteiger partial charge in [-0.25, -0.2) is 4.98 Å². The fourth-order valence-corrected chi connectivity index (χ4v) is 5.58. The van der Waals surface area contributed by atoms with Crippen molar-refractivity contribution in [2.45, 2.75) is 37.9 Å². The van der Waals surface area contributed by atoms with Crippen LogP contribution >= 0.6 is 0 Å². The van der Waals surface area contributed by atoms with E-state index in [1.807, 2.05) is 16.7 Å². The van der Waals surface area contributed by atoms with Crippen molar-refractivity contribution in [1.82, 2.24) is 19.4 Å². The zero-order valence-electron chi connectivity index (χ0n) is 18.4. The molecule has 2 aromatic heterocycles. The van der Waals surface area contributed by atoms with Crippen LogP contribution in [0.4, 0.5) is 5.82 Å². The topological polar surface area (TPSA) is 68.4 Å². The van der Waals surface area contributed by atoms with Crippen molar-refractivity contribution in [2.24, 2.45) is 5.92 Å². The van der Waals surface area contributed by atoms with Crippen LogP contribution in [0.15, 0.2) is 35.1 Å². The number of hydrogen-bond acceptors (Lipinski definition) is 6. The summed E-state index contributed by atoms with van der Waals surface area (Å²) in [5.41, 5.74) is 2.72. The maximum atomic E-state index is 13.3. The molecule has 3 aliphatic heterocycles. The molecule has 2 saturated heterocycles. The van der Waals surface area contributed by atoms with Crippen molar-refractivity contribution in [3.05, 3.63) is 57.6 Å². The van der Waals surface area contributed by atoms with E-state index in [9.17, 15) is 10.1 Å². The van der Waals surface area contributed by atoms with Gasteiger partial charge in [0.1, 0.15) is 17.6 Å². The lowest BCUT2D eigenvalue weighted by atomic mass is 9.83. The summed E-state index contributed by atoms with van der Waals surface area (Å²) in [6.45, 7) is 5.32. The lowest BCUT2D eigenvalue weighted by Gasteiger charge is -2.43. The fourth-order valence-electron chi connectivity index (χ4n) is 5.58. The average molecular weight is 419 g/mol. The molecule has 2 fully saturated rings. The maximum Gasteiger partial charge on any atom is 0.255 e. The van der Waals surface area contributed by atoms with E-state index >= 15 is 0 Å². The molecule has 0 radical (unpaired) electrons. The van der Waals surface area contributed by atoms with Crippen molar-refractivity contribution in [2.75, 3.05) is 45.2 Å². The number of pyridine rings is 2. The maximum absolute atomic E-state index is 13.3. The van der Waals surface area contributed by atoms with Gasteiger partial charge in [-0.05, 0) is 51.1 Å². The summed E-state index contributed by atoms with van der Waals surface area (Å²) in [5, 5.41) is 9.18. The van der Waals surface area contributed by atoms with Gasteiger partial charge in [0.25, 0.3) is 5.56 Å². The van der Waals surface area contributed by atoms with E-state index in [4.69, 9.17) is 0 Å². The van der Waals surface area contributed by atoms with Crippen LogP contribution in [-0.4, -0.2) is 65.7 Å². The van der Waals surface area contributed by atoms with Gasteiger partial charge in [0.15, 0.2) is 0 Å². The van der Waals surface area contributed by atoms with Crippen molar-refractivity contribution in [3.63, 3.8) is 0 Å². The fraction of sp³-hybridized carbons (Fsp3) is 0.542. The van der Waals surface area contributed by atoms with E-state index in [0.717, 1.165) is 62.8 Å². The Morgan fingerprint density at radius 3 is 2.81 bits per heavy atom. The van der Waals surface area contributed by atoms with Gasteiger partial charge in [-0.3, -0.25) is 9.69 Å². The van der Waals surface area contributed by atoms with Crippen molar-refractivity contribution in [1.29, 1.82) is 5.26 Å². The molecule has 3 aliphatic rings. The normalized spacial score (nSPS) is 25.5. The van der Waals surface area contributed by atoms with Gasteiger partial charge in [-0.2, -0.15) is 5.26 Å².